The lowest BCUT2D eigenvalue weighted by Gasteiger charge is -2.13. The predicted molar refractivity (Wildman–Crippen MR) is 77.6 cm³/mol. The Morgan fingerprint density at radius 1 is 1.30 bits per heavy atom. The first kappa shape index (κ1) is 12.2. The molecule has 3 N–H and O–H groups in total. The van der Waals surface area contributed by atoms with E-state index in [9.17, 15) is 9.90 Å². The zero-order valence-electron chi connectivity index (χ0n) is 10.9. The molecule has 0 amide bonds. The fourth-order valence-corrected chi connectivity index (χ4v) is 2.24. The SMILES string of the molecule is Cn1c(N)nc(O)c1/C=C1/C(=O)C=Cc2ccccc21. The molecule has 1 aromatic carbocycles. The lowest BCUT2D eigenvalue weighted by Crippen LogP contribution is -2.05. The van der Waals surface area contributed by atoms with Gasteiger partial charge in [0, 0.05) is 12.6 Å². The number of benzene rings is 1. The largest absolute Gasteiger partial charge is 0.492 e. The van der Waals surface area contributed by atoms with Crippen LogP contribution in [0.4, 0.5) is 5.95 Å². The maximum Gasteiger partial charge on any atom is 0.238 e. The Labute approximate surface area is 115 Å². The van der Waals surface area contributed by atoms with Crippen LogP contribution >= 0.6 is 0 Å². The number of nitrogen functional groups attached to an aromatic ring is 1. The highest BCUT2D eigenvalue weighted by molar-refractivity contribution is 6.33. The summed E-state index contributed by atoms with van der Waals surface area (Å²) < 4.78 is 1.54. The van der Waals surface area contributed by atoms with Crippen LogP contribution in [0.15, 0.2) is 30.3 Å². The summed E-state index contributed by atoms with van der Waals surface area (Å²) in [5, 5.41) is 9.79. The highest BCUT2D eigenvalue weighted by Crippen LogP contribution is 2.30. The van der Waals surface area contributed by atoms with Gasteiger partial charge in [0.25, 0.3) is 0 Å². The average molecular weight is 267 g/mol. The number of carbonyl (C=O) groups excluding carboxylic acids is 1. The van der Waals surface area contributed by atoms with Crippen molar-refractivity contribution in [2.45, 2.75) is 0 Å². The molecule has 100 valence electrons. The molecule has 1 aromatic heterocycles. The summed E-state index contributed by atoms with van der Waals surface area (Å²) >= 11 is 0. The van der Waals surface area contributed by atoms with Gasteiger partial charge in [0.2, 0.25) is 11.8 Å². The van der Waals surface area contributed by atoms with Crippen LogP contribution in [-0.2, 0) is 11.8 Å². The van der Waals surface area contributed by atoms with E-state index < -0.39 is 0 Å². The first-order valence-electron chi connectivity index (χ1n) is 6.12. The topological polar surface area (TPSA) is 81.1 Å². The van der Waals surface area contributed by atoms with E-state index in [0.29, 0.717) is 11.3 Å². The number of imidazole rings is 1. The van der Waals surface area contributed by atoms with Crippen molar-refractivity contribution in [3.63, 3.8) is 0 Å². The van der Waals surface area contributed by atoms with Crippen molar-refractivity contribution < 1.29 is 9.90 Å². The lowest BCUT2D eigenvalue weighted by atomic mass is 9.91. The fourth-order valence-electron chi connectivity index (χ4n) is 2.24. The average Bonchev–Trinajstić information content (AvgIpc) is 2.68. The molecule has 20 heavy (non-hydrogen) atoms. The van der Waals surface area contributed by atoms with Crippen molar-refractivity contribution in [3.8, 4) is 5.88 Å². The minimum atomic E-state index is -0.183. The van der Waals surface area contributed by atoms with Crippen LogP contribution in [0.5, 0.6) is 5.88 Å². The van der Waals surface area contributed by atoms with Crippen LogP contribution in [0, 0.1) is 0 Å². The quantitative estimate of drug-likeness (QED) is 0.772. The van der Waals surface area contributed by atoms with Gasteiger partial charge in [0.05, 0.1) is 0 Å². The highest BCUT2D eigenvalue weighted by atomic mass is 16.3. The number of aromatic nitrogens is 2. The summed E-state index contributed by atoms with van der Waals surface area (Å²) in [4.78, 5) is 15.9. The first-order chi connectivity index (χ1) is 9.58. The standard InChI is InChI=1S/C15H13N3O2/c1-18-12(14(20)17-15(18)16)8-11-10-5-3-2-4-9(10)6-7-13(11)19/h2-8,20H,1H3,(H2,16,17)/b11-8+. The minimum absolute atomic E-state index is 0.108. The number of hydrogen-bond acceptors (Lipinski definition) is 4. The Bertz CT molecular complexity index is 769. The van der Waals surface area contributed by atoms with Crippen molar-refractivity contribution in [2.75, 3.05) is 5.73 Å². The molecule has 1 aliphatic rings. The van der Waals surface area contributed by atoms with Crippen LogP contribution < -0.4 is 5.73 Å². The molecule has 1 aliphatic carbocycles. The van der Waals surface area contributed by atoms with E-state index >= 15 is 0 Å². The van der Waals surface area contributed by atoms with Crippen LogP contribution in [-0.4, -0.2) is 20.4 Å². The van der Waals surface area contributed by atoms with Gasteiger partial charge in [-0.3, -0.25) is 4.79 Å². The molecule has 0 bridgehead atoms. The smallest absolute Gasteiger partial charge is 0.238 e. The van der Waals surface area contributed by atoms with Crippen molar-refractivity contribution in [1.29, 1.82) is 0 Å². The molecule has 5 heteroatoms. The summed E-state index contributed by atoms with van der Waals surface area (Å²) in [6.07, 6.45) is 4.92. The third-order valence-corrected chi connectivity index (χ3v) is 3.37. The number of aromatic hydroxyl groups is 1. The summed E-state index contributed by atoms with van der Waals surface area (Å²) in [5.74, 6) is -0.0957. The van der Waals surface area contributed by atoms with E-state index in [0.717, 1.165) is 11.1 Å². The number of carbonyl (C=O) groups is 1. The van der Waals surface area contributed by atoms with Gasteiger partial charge in [-0.15, -0.1) is 0 Å². The van der Waals surface area contributed by atoms with E-state index in [-0.39, 0.29) is 17.6 Å². The first-order valence-corrected chi connectivity index (χ1v) is 6.12. The summed E-state index contributed by atoms with van der Waals surface area (Å²) in [5.41, 5.74) is 8.37. The number of ketones is 1. The molecule has 0 fully saturated rings. The monoisotopic (exact) mass is 267 g/mol. The second kappa shape index (κ2) is 4.38. The van der Waals surface area contributed by atoms with Crippen molar-refractivity contribution in [2.24, 2.45) is 7.05 Å². The van der Waals surface area contributed by atoms with Crippen LogP contribution in [0.1, 0.15) is 16.8 Å². The van der Waals surface area contributed by atoms with E-state index in [4.69, 9.17) is 5.73 Å². The number of nitrogens with two attached hydrogens (primary N) is 1. The van der Waals surface area contributed by atoms with Crippen LogP contribution in [0.2, 0.25) is 0 Å². The van der Waals surface area contributed by atoms with E-state index in [1.54, 1.807) is 19.2 Å². The number of nitrogens with zero attached hydrogens (tertiary/aromatic N) is 2. The molecular weight excluding hydrogens is 254 g/mol. The number of allylic oxidation sites excluding steroid dienone is 2. The number of anilines is 1. The Morgan fingerprint density at radius 3 is 2.75 bits per heavy atom. The molecule has 0 unspecified atom stereocenters. The van der Waals surface area contributed by atoms with Crippen molar-refractivity contribution in [3.05, 3.63) is 47.2 Å². The molecule has 0 aliphatic heterocycles. The third-order valence-electron chi connectivity index (χ3n) is 3.37. The zero-order chi connectivity index (χ0) is 14.3. The van der Waals surface area contributed by atoms with Gasteiger partial charge in [0.15, 0.2) is 5.78 Å². The van der Waals surface area contributed by atoms with Crippen molar-refractivity contribution >= 4 is 29.5 Å². The Hall–Kier alpha value is -2.82. The minimum Gasteiger partial charge on any atom is -0.492 e. The zero-order valence-corrected chi connectivity index (χ0v) is 10.9. The molecule has 0 spiro atoms. The highest BCUT2D eigenvalue weighted by Gasteiger charge is 2.19. The normalized spacial score (nSPS) is 15.7. The molecule has 1 heterocycles. The van der Waals surface area contributed by atoms with E-state index in [2.05, 4.69) is 4.98 Å². The Morgan fingerprint density at radius 2 is 2.05 bits per heavy atom. The van der Waals surface area contributed by atoms with Gasteiger partial charge < -0.3 is 15.4 Å². The molecule has 2 aromatic rings. The van der Waals surface area contributed by atoms with Crippen LogP contribution in [0.3, 0.4) is 0 Å². The number of rotatable bonds is 1. The third kappa shape index (κ3) is 1.80. The second-order valence-electron chi connectivity index (χ2n) is 4.58. The predicted octanol–water partition coefficient (Wildman–Crippen LogP) is 1.84. The van der Waals surface area contributed by atoms with Gasteiger partial charge in [-0.1, -0.05) is 30.3 Å². The van der Waals surface area contributed by atoms with Crippen LogP contribution in [0.25, 0.3) is 17.7 Å². The number of fused-ring (bicyclic) bond motifs is 1. The number of hydrogen-bond donors (Lipinski definition) is 2. The Balaban J connectivity index is 2.20. The molecule has 0 atom stereocenters. The maximum atomic E-state index is 12.1. The summed E-state index contributed by atoms with van der Waals surface area (Å²) in [6, 6.07) is 7.59. The lowest BCUT2D eigenvalue weighted by molar-refractivity contribution is -0.109. The van der Waals surface area contributed by atoms with Gasteiger partial charge in [-0.25, -0.2) is 0 Å². The van der Waals surface area contributed by atoms with Gasteiger partial charge in [-0.2, -0.15) is 4.98 Å². The van der Waals surface area contributed by atoms with Gasteiger partial charge in [0.1, 0.15) is 5.69 Å². The Kier molecular flexibility index (Phi) is 2.68. The molecule has 5 nitrogen and oxygen atoms in total. The summed E-state index contributed by atoms with van der Waals surface area (Å²) in [7, 11) is 1.68. The van der Waals surface area contributed by atoms with E-state index in [1.807, 2.05) is 24.3 Å². The molecule has 0 saturated carbocycles. The van der Waals surface area contributed by atoms with Gasteiger partial charge >= 0.3 is 0 Å². The molecule has 0 radical (unpaired) electrons. The molecular formula is C15H13N3O2. The maximum absolute atomic E-state index is 12.1. The molecule has 0 saturated heterocycles. The fraction of sp³-hybridized carbons (Fsp3) is 0.0667. The van der Waals surface area contributed by atoms with E-state index in [1.165, 1.54) is 10.6 Å². The van der Waals surface area contributed by atoms with Crippen molar-refractivity contribution in [1.82, 2.24) is 9.55 Å². The molecule has 3 rings (SSSR count). The summed E-state index contributed by atoms with van der Waals surface area (Å²) in [6.45, 7) is 0. The van der Waals surface area contributed by atoms with Gasteiger partial charge in [-0.05, 0) is 23.3 Å². The second-order valence-corrected chi connectivity index (χ2v) is 4.58.